The Bertz CT molecular complexity index is 1100. The molecule has 1 N–H and O–H groups in total. The number of aromatic nitrogens is 1. The van der Waals surface area contributed by atoms with Gasteiger partial charge in [-0.05, 0) is 50.1 Å². The van der Waals surface area contributed by atoms with Crippen LogP contribution in [0.15, 0.2) is 42.6 Å². The van der Waals surface area contributed by atoms with Gasteiger partial charge in [-0.25, -0.2) is 0 Å². The minimum absolute atomic E-state index is 0.0320. The Hall–Kier alpha value is -3.46. The van der Waals surface area contributed by atoms with Crippen LogP contribution in [-0.2, 0) is 9.53 Å². The molecule has 1 aliphatic heterocycles. The van der Waals surface area contributed by atoms with Crippen LogP contribution in [0.1, 0.15) is 47.5 Å². The number of likely N-dealkylation sites (N-methyl/N-ethyl adjacent to an activating group) is 1. The molecule has 1 fully saturated rings. The number of methoxy groups -OCH3 is 1. The number of hydrogen-bond acceptors (Lipinski definition) is 6. The molecule has 0 radical (unpaired) electrons. The van der Waals surface area contributed by atoms with Gasteiger partial charge in [0.05, 0.1) is 17.7 Å². The molecule has 2 aliphatic rings. The molecular formula is C27H34N4O5. The van der Waals surface area contributed by atoms with E-state index in [9.17, 15) is 14.4 Å². The second kappa shape index (κ2) is 11.1. The van der Waals surface area contributed by atoms with E-state index in [0.29, 0.717) is 35.8 Å². The fraction of sp³-hybridized carbons (Fsp3) is 0.481. The van der Waals surface area contributed by atoms with Crippen molar-refractivity contribution in [2.24, 2.45) is 11.8 Å². The summed E-state index contributed by atoms with van der Waals surface area (Å²) in [5, 5.41) is 2.90. The molecule has 1 aliphatic carbocycles. The molecule has 36 heavy (non-hydrogen) atoms. The highest BCUT2D eigenvalue weighted by molar-refractivity contribution is 6.00. The molecule has 2 heterocycles. The highest BCUT2D eigenvalue weighted by Crippen LogP contribution is 2.31. The summed E-state index contributed by atoms with van der Waals surface area (Å²) in [6.07, 6.45) is 3.09. The fourth-order valence-electron chi connectivity index (χ4n) is 4.36. The number of amides is 3. The Morgan fingerprint density at radius 3 is 2.58 bits per heavy atom. The minimum atomic E-state index is -0.299. The van der Waals surface area contributed by atoms with Gasteiger partial charge in [-0.1, -0.05) is 13.0 Å². The van der Waals surface area contributed by atoms with Crippen molar-refractivity contribution in [3.63, 3.8) is 0 Å². The SMILES string of the molecule is CO[C@@H]1CN(C)C(=O)c2cc(NC(=O)C3CC3)ccc2OC[C@H](C)N(C(=O)c2ccccn2)C[C@@H]1C. The molecule has 4 rings (SSSR count). The molecule has 1 saturated carbocycles. The third-order valence-corrected chi connectivity index (χ3v) is 6.81. The number of ether oxygens (including phenoxy) is 2. The zero-order valence-electron chi connectivity index (χ0n) is 21.3. The number of hydrogen-bond donors (Lipinski definition) is 1. The van der Waals surface area contributed by atoms with Crippen molar-refractivity contribution in [2.75, 3.05) is 39.2 Å². The van der Waals surface area contributed by atoms with Crippen LogP contribution in [0.3, 0.4) is 0 Å². The van der Waals surface area contributed by atoms with Crippen LogP contribution in [0.4, 0.5) is 5.69 Å². The second-order valence-electron chi connectivity index (χ2n) is 9.74. The summed E-state index contributed by atoms with van der Waals surface area (Å²) in [7, 11) is 3.33. The zero-order chi connectivity index (χ0) is 25.8. The van der Waals surface area contributed by atoms with Crippen LogP contribution in [0, 0.1) is 11.8 Å². The molecule has 2 aromatic rings. The summed E-state index contributed by atoms with van der Waals surface area (Å²) < 4.78 is 11.9. The van der Waals surface area contributed by atoms with Gasteiger partial charge < -0.3 is 24.6 Å². The van der Waals surface area contributed by atoms with Gasteiger partial charge in [0.2, 0.25) is 5.91 Å². The largest absolute Gasteiger partial charge is 0.491 e. The van der Waals surface area contributed by atoms with Gasteiger partial charge in [-0.2, -0.15) is 0 Å². The lowest BCUT2D eigenvalue weighted by Gasteiger charge is -2.36. The van der Waals surface area contributed by atoms with Crippen LogP contribution in [0.5, 0.6) is 5.75 Å². The molecule has 0 unspecified atom stereocenters. The lowest BCUT2D eigenvalue weighted by molar-refractivity contribution is -0.117. The van der Waals surface area contributed by atoms with E-state index in [2.05, 4.69) is 10.3 Å². The number of carbonyl (C=O) groups is 3. The Morgan fingerprint density at radius 2 is 1.92 bits per heavy atom. The van der Waals surface area contributed by atoms with E-state index in [1.54, 1.807) is 66.6 Å². The topological polar surface area (TPSA) is 101 Å². The molecule has 192 valence electrons. The van der Waals surface area contributed by atoms with Crippen LogP contribution < -0.4 is 10.1 Å². The number of nitrogens with one attached hydrogen (secondary N) is 1. The quantitative estimate of drug-likeness (QED) is 0.701. The lowest BCUT2D eigenvalue weighted by atomic mass is 10.0. The number of pyridine rings is 1. The fourth-order valence-corrected chi connectivity index (χ4v) is 4.36. The Kier molecular flexibility index (Phi) is 7.88. The summed E-state index contributed by atoms with van der Waals surface area (Å²) in [6, 6.07) is 10.1. The Balaban J connectivity index is 1.65. The maximum absolute atomic E-state index is 13.4. The van der Waals surface area contributed by atoms with Crippen LogP contribution >= 0.6 is 0 Å². The molecular weight excluding hydrogens is 460 g/mol. The highest BCUT2D eigenvalue weighted by Gasteiger charge is 2.32. The number of nitrogens with zero attached hydrogens (tertiary/aromatic N) is 3. The summed E-state index contributed by atoms with van der Waals surface area (Å²) in [6.45, 7) is 4.84. The van der Waals surface area contributed by atoms with Gasteiger partial charge in [0.25, 0.3) is 11.8 Å². The van der Waals surface area contributed by atoms with Crippen molar-refractivity contribution in [3.05, 3.63) is 53.9 Å². The van der Waals surface area contributed by atoms with Gasteiger partial charge >= 0.3 is 0 Å². The van der Waals surface area contributed by atoms with Crippen LogP contribution in [0.2, 0.25) is 0 Å². The molecule has 9 heteroatoms. The first-order valence-corrected chi connectivity index (χ1v) is 12.4. The zero-order valence-corrected chi connectivity index (χ0v) is 21.3. The first-order chi connectivity index (χ1) is 17.3. The highest BCUT2D eigenvalue weighted by atomic mass is 16.5. The van der Waals surface area contributed by atoms with Crippen LogP contribution in [0.25, 0.3) is 0 Å². The molecule has 0 spiro atoms. The molecule has 3 atom stereocenters. The van der Waals surface area contributed by atoms with E-state index in [-0.39, 0.29) is 48.3 Å². The van der Waals surface area contributed by atoms with Crippen molar-refractivity contribution in [2.45, 2.75) is 38.8 Å². The predicted octanol–water partition coefficient (Wildman–Crippen LogP) is 3.08. The van der Waals surface area contributed by atoms with E-state index < -0.39 is 0 Å². The maximum atomic E-state index is 13.4. The average molecular weight is 495 g/mol. The monoisotopic (exact) mass is 494 g/mol. The number of rotatable bonds is 4. The van der Waals surface area contributed by atoms with Gasteiger partial charge in [-0.3, -0.25) is 19.4 Å². The van der Waals surface area contributed by atoms with Crippen molar-refractivity contribution < 1.29 is 23.9 Å². The summed E-state index contributed by atoms with van der Waals surface area (Å²) >= 11 is 0. The van der Waals surface area contributed by atoms with Gasteiger partial charge in [0.15, 0.2) is 0 Å². The third-order valence-electron chi connectivity index (χ3n) is 6.81. The van der Waals surface area contributed by atoms with Gasteiger partial charge in [0.1, 0.15) is 18.1 Å². The van der Waals surface area contributed by atoms with E-state index in [1.165, 1.54) is 0 Å². The average Bonchev–Trinajstić information content (AvgIpc) is 3.74. The van der Waals surface area contributed by atoms with E-state index >= 15 is 0 Å². The molecule has 1 aromatic heterocycles. The Morgan fingerprint density at radius 1 is 1.14 bits per heavy atom. The summed E-state index contributed by atoms with van der Waals surface area (Å²) in [4.78, 5) is 46.7. The third kappa shape index (κ3) is 5.84. The molecule has 3 amide bonds. The first kappa shape index (κ1) is 25.6. The first-order valence-electron chi connectivity index (χ1n) is 12.4. The van der Waals surface area contributed by atoms with E-state index in [4.69, 9.17) is 9.47 Å². The Labute approximate surface area is 211 Å². The van der Waals surface area contributed by atoms with Crippen LogP contribution in [-0.4, -0.2) is 78.5 Å². The van der Waals surface area contributed by atoms with Crippen molar-refractivity contribution in [1.29, 1.82) is 0 Å². The predicted molar refractivity (Wildman–Crippen MR) is 135 cm³/mol. The van der Waals surface area contributed by atoms with Crippen molar-refractivity contribution >= 4 is 23.4 Å². The summed E-state index contributed by atoms with van der Waals surface area (Å²) in [5.41, 5.74) is 1.27. The number of fused-ring (bicyclic) bond motifs is 1. The molecule has 1 aromatic carbocycles. The van der Waals surface area contributed by atoms with Gasteiger partial charge in [0, 0.05) is 51.0 Å². The lowest BCUT2D eigenvalue weighted by Crippen LogP contribution is -2.48. The number of benzene rings is 1. The smallest absolute Gasteiger partial charge is 0.272 e. The minimum Gasteiger partial charge on any atom is -0.491 e. The summed E-state index contributed by atoms with van der Waals surface area (Å²) in [5.74, 6) is -0.0625. The normalized spacial score (nSPS) is 23.1. The van der Waals surface area contributed by atoms with Crippen molar-refractivity contribution in [3.8, 4) is 5.75 Å². The van der Waals surface area contributed by atoms with E-state index in [1.807, 2.05) is 13.8 Å². The van der Waals surface area contributed by atoms with E-state index in [0.717, 1.165) is 12.8 Å². The molecule has 0 bridgehead atoms. The standard InChI is InChI=1S/C27H34N4O5/c1-17-14-31(27(34)22-7-5-6-12-28-22)18(2)16-36-23-11-10-20(29-25(32)19-8-9-19)13-21(23)26(33)30(3)15-24(17)35-4/h5-7,10-13,17-19,24H,8-9,14-16H2,1-4H3,(H,29,32)/t17-,18-,24+/m0/s1. The second-order valence-corrected chi connectivity index (χ2v) is 9.74. The van der Waals surface area contributed by atoms with Gasteiger partial charge in [-0.15, -0.1) is 0 Å². The molecule has 9 nitrogen and oxygen atoms in total. The maximum Gasteiger partial charge on any atom is 0.272 e. The number of anilines is 1. The number of carbonyl (C=O) groups excluding carboxylic acids is 3. The molecule has 0 saturated heterocycles. The van der Waals surface area contributed by atoms with Crippen molar-refractivity contribution in [1.82, 2.24) is 14.8 Å².